The van der Waals surface area contributed by atoms with Crippen molar-refractivity contribution in [1.29, 1.82) is 0 Å². The molecule has 1 N–H and O–H groups in total. The molecule has 38 heavy (non-hydrogen) atoms. The molecule has 2 aromatic rings. The Hall–Kier alpha value is -2.54. The maximum Gasteiger partial charge on any atom is 0.241 e. The SMILES string of the molecule is CS(=O)(=O)N(CC(=O)NCc1ccc(N2CCCCC2)cc1)c1ccc(C23CC4CC(CC(C4)C2)C3)cc1. The first-order chi connectivity index (χ1) is 18.3. The summed E-state index contributed by atoms with van der Waals surface area (Å²) in [5.74, 6) is 2.27. The van der Waals surface area contributed by atoms with Gasteiger partial charge in [0.1, 0.15) is 6.54 Å². The van der Waals surface area contributed by atoms with Crippen LogP contribution in [0.4, 0.5) is 11.4 Å². The Bertz CT molecular complexity index is 1210. The number of amides is 1. The summed E-state index contributed by atoms with van der Waals surface area (Å²) in [5.41, 5.74) is 4.41. The average Bonchev–Trinajstić information content (AvgIpc) is 2.90. The van der Waals surface area contributed by atoms with Crippen LogP contribution in [0.2, 0.25) is 0 Å². The molecule has 2 aromatic carbocycles. The summed E-state index contributed by atoms with van der Waals surface area (Å²) in [6.07, 6.45) is 13.0. The molecule has 0 unspecified atom stereocenters. The van der Waals surface area contributed by atoms with Crippen LogP contribution < -0.4 is 14.5 Å². The molecule has 5 fully saturated rings. The van der Waals surface area contributed by atoms with Gasteiger partial charge in [0.2, 0.25) is 15.9 Å². The minimum Gasteiger partial charge on any atom is -0.372 e. The molecule has 204 valence electrons. The zero-order chi connectivity index (χ0) is 26.3. The third-order valence-electron chi connectivity index (χ3n) is 9.64. The number of carbonyl (C=O) groups excluding carboxylic acids is 1. The second-order valence-corrected chi connectivity index (χ2v) is 14.4. The first-order valence-corrected chi connectivity index (χ1v) is 16.3. The number of nitrogens with one attached hydrogen (secondary N) is 1. The highest BCUT2D eigenvalue weighted by Crippen LogP contribution is 2.60. The molecule has 1 amide bonds. The Morgan fingerprint density at radius 3 is 2.03 bits per heavy atom. The van der Waals surface area contributed by atoms with Crippen molar-refractivity contribution >= 4 is 27.3 Å². The minimum absolute atomic E-state index is 0.221. The Morgan fingerprint density at radius 1 is 0.895 bits per heavy atom. The van der Waals surface area contributed by atoms with Gasteiger partial charge in [-0.2, -0.15) is 0 Å². The van der Waals surface area contributed by atoms with E-state index in [1.165, 1.54) is 79.6 Å². The van der Waals surface area contributed by atoms with Crippen molar-refractivity contribution in [3.63, 3.8) is 0 Å². The van der Waals surface area contributed by atoms with Gasteiger partial charge in [-0.25, -0.2) is 8.42 Å². The van der Waals surface area contributed by atoms with Crippen LogP contribution in [0.25, 0.3) is 0 Å². The van der Waals surface area contributed by atoms with Crippen molar-refractivity contribution in [3.8, 4) is 0 Å². The topological polar surface area (TPSA) is 69.7 Å². The van der Waals surface area contributed by atoms with Crippen molar-refractivity contribution < 1.29 is 13.2 Å². The molecule has 0 aromatic heterocycles. The van der Waals surface area contributed by atoms with Crippen LogP contribution in [0.15, 0.2) is 48.5 Å². The highest BCUT2D eigenvalue weighted by Gasteiger charge is 2.51. The van der Waals surface area contributed by atoms with Gasteiger partial charge in [0.15, 0.2) is 0 Å². The molecule has 4 saturated carbocycles. The van der Waals surface area contributed by atoms with E-state index in [1.54, 1.807) is 0 Å². The van der Waals surface area contributed by atoms with Gasteiger partial charge in [0.05, 0.1) is 11.9 Å². The normalized spacial score (nSPS) is 28.3. The molecule has 5 aliphatic rings. The lowest BCUT2D eigenvalue weighted by Gasteiger charge is -2.57. The number of hydrogen-bond donors (Lipinski definition) is 1. The third kappa shape index (κ3) is 5.31. The Morgan fingerprint density at radius 2 is 1.47 bits per heavy atom. The van der Waals surface area contributed by atoms with Crippen molar-refractivity contribution in [3.05, 3.63) is 59.7 Å². The molecule has 0 spiro atoms. The molecule has 4 aliphatic carbocycles. The van der Waals surface area contributed by atoms with E-state index in [9.17, 15) is 13.2 Å². The maximum absolute atomic E-state index is 12.8. The first-order valence-electron chi connectivity index (χ1n) is 14.5. The second kappa shape index (κ2) is 10.2. The summed E-state index contributed by atoms with van der Waals surface area (Å²) in [6, 6.07) is 16.4. The van der Waals surface area contributed by atoms with Crippen molar-refractivity contribution in [2.45, 2.75) is 69.7 Å². The predicted molar refractivity (Wildman–Crippen MR) is 153 cm³/mol. The summed E-state index contributed by atoms with van der Waals surface area (Å²) >= 11 is 0. The molecule has 6 nitrogen and oxygen atoms in total. The van der Waals surface area contributed by atoms with Crippen LogP contribution in [0.3, 0.4) is 0 Å². The van der Waals surface area contributed by atoms with E-state index in [2.05, 4.69) is 34.5 Å². The number of nitrogens with zero attached hydrogens (tertiary/aromatic N) is 2. The smallest absolute Gasteiger partial charge is 0.241 e. The maximum atomic E-state index is 12.8. The van der Waals surface area contributed by atoms with Gasteiger partial charge in [0, 0.05) is 25.3 Å². The molecule has 0 radical (unpaired) electrons. The lowest BCUT2D eigenvalue weighted by Crippen LogP contribution is -2.48. The van der Waals surface area contributed by atoms with Gasteiger partial charge in [-0.15, -0.1) is 0 Å². The summed E-state index contributed by atoms with van der Waals surface area (Å²) in [6.45, 7) is 2.35. The fourth-order valence-corrected chi connectivity index (χ4v) is 9.07. The quantitative estimate of drug-likeness (QED) is 0.503. The highest BCUT2D eigenvalue weighted by molar-refractivity contribution is 7.92. The van der Waals surface area contributed by atoms with E-state index >= 15 is 0 Å². The molecular formula is C31H41N3O3S. The van der Waals surface area contributed by atoms with Gasteiger partial charge in [-0.3, -0.25) is 9.10 Å². The Balaban J connectivity index is 1.09. The predicted octanol–water partition coefficient (Wildman–Crippen LogP) is 5.23. The molecule has 7 heteroatoms. The molecule has 7 rings (SSSR count). The standard InChI is InChI=1S/C31H41N3O3S/c1-38(36,37)34(22-30(35)32-21-23-5-9-28(10-6-23)33-13-3-2-4-14-33)29-11-7-27(8-12-29)31-18-24-15-25(19-31)17-26(16-24)20-31/h5-12,24-26H,2-4,13-22H2,1H3,(H,32,35). The summed E-state index contributed by atoms with van der Waals surface area (Å²) in [4.78, 5) is 15.2. The van der Waals surface area contributed by atoms with Crippen molar-refractivity contribution in [2.75, 3.05) is 35.1 Å². The van der Waals surface area contributed by atoms with Gasteiger partial charge in [0.25, 0.3) is 0 Å². The molecule has 1 saturated heterocycles. The van der Waals surface area contributed by atoms with Gasteiger partial charge >= 0.3 is 0 Å². The van der Waals surface area contributed by atoms with Gasteiger partial charge < -0.3 is 10.2 Å². The monoisotopic (exact) mass is 535 g/mol. The molecule has 1 aliphatic heterocycles. The van der Waals surface area contributed by atoms with E-state index in [0.29, 0.717) is 12.2 Å². The van der Waals surface area contributed by atoms with Crippen LogP contribution in [-0.2, 0) is 26.8 Å². The van der Waals surface area contributed by atoms with E-state index in [4.69, 9.17) is 0 Å². The number of piperidine rings is 1. The van der Waals surface area contributed by atoms with Crippen LogP contribution >= 0.6 is 0 Å². The Kier molecular flexibility index (Phi) is 6.91. The Labute approximate surface area is 227 Å². The highest BCUT2D eigenvalue weighted by atomic mass is 32.2. The van der Waals surface area contributed by atoms with Gasteiger partial charge in [-0.1, -0.05) is 24.3 Å². The number of sulfonamides is 1. The largest absolute Gasteiger partial charge is 0.372 e. The lowest BCUT2D eigenvalue weighted by atomic mass is 9.48. The van der Waals surface area contributed by atoms with Crippen molar-refractivity contribution in [2.24, 2.45) is 17.8 Å². The van der Waals surface area contributed by atoms with E-state index in [1.807, 2.05) is 24.3 Å². The third-order valence-corrected chi connectivity index (χ3v) is 10.8. The molecular weight excluding hydrogens is 494 g/mol. The number of carbonyl (C=O) groups is 1. The average molecular weight is 536 g/mol. The summed E-state index contributed by atoms with van der Waals surface area (Å²) in [5, 5.41) is 2.91. The van der Waals surface area contributed by atoms with E-state index < -0.39 is 10.0 Å². The van der Waals surface area contributed by atoms with Crippen LogP contribution in [0, 0.1) is 17.8 Å². The fraction of sp³-hybridized carbons (Fsp3) is 0.581. The van der Waals surface area contributed by atoms with Crippen molar-refractivity contribution in [1.82, 2.24) is 5.32 Å². The number of anilines is 2. The minimum atomic E-state index is -3.60. The first kappa shape index (κ1) is 25.7. The van der Waals surface area contributed by atoms with E-state index in [0.717, 1.165) is 36.4 Å². The van der Waals surface area contributed by atoms with Crippen LogP contribution in [0.1, 0.15) is 68.9 Å². The molecule has 0 atom stereocenters. The van der Waals surface area contributed by atoms with E-state index in [-0.39, 0.29) is 17.9 Å². The number of hydrogen-bond acceptors (Lipinski definition) is 4. The lowest BCUT2D eigenvalue weighted by molar-refractivity contribution is -0.119. The number of benzene rings is 2. The summed E-state index contributed by atoms with van der Waals surface area (Å²) in [7, 11) is -3.60. The second-order valence-electron chi connectivity index (χ2n) is 12.5. The van der Waals surface area contributed by atoms with Gasteiger partial charge in [-0.05, 0) is 116 Å². The zero-order valence-corrected chi connectivity index (χ0v) is 23.4. The fourth-order valence-electron chi connectivity index (χ4n) is 8.21. The summed E-state index contributed by atoms with van der Waals surface area (Å²) < 4.78 is 26.6. The molecule has 1 heterocycles. The molecule has 4 bridgehead atoms. The number of rotatable bonds is 8. The van der Waals surface area contributed by atoms with Crippen LogP contribution in [0.5, 0.6) is 0 Å². The van der Waals surface area contributed by atoms with Crippen LogP contribution in [-0.4, -0.2) is 40.2 Å². The zero-order valence-electron chi connectivity index (χ0n) is 22.6.